The third-order valence-corrected chi connectivity index (χ3v) is 6.22. The highest BCUT2D eigenvalue weighted by molar-refractivity contribution is 5.87. The summed E-state index contributed by atoms with van der Waals surface area (Å²) in [5.74, 6) is 1.90. The van der Waals surface area contributed by atoms with E-state index in [0.717, 1.165) is 61.2 Å². The number of piperidine rings is 1. The van der Waals surface area contributed by atoms with Crippen LogP contribution in [-0.4, -0.2) is 36.0 Å². The van der Waals surface area contributed by atoms with Gasteiger partial charge in [0.05, 0.1) is 7.11 Å². The first-order chi connectivity index (χ1) is 12.7. The highest BCUT2D eigenvalue weighted by Gasteiger charge is 2.31. The number of nitrogens with zero attached hydrogens (tertiary/aromatic N) is 2. The highest BCUT2D eigenvalue weighted by atomic mass is 16.5. The van der Waals surface area contributed by atoms with Gasteiger partial charge >= 0.3 is 0 Å². The standard InChI is InChI=1S/C22H28N2O2/c1-15-19-12-20(23-13-17(19)9-10-21(15)26-2)18-8-5-11-24(14-18)22(25)16-6-3-4-7-16/h9-10,12-13,16,18H,3-8,11,14H2,1-2H3/t18-/m0/s1. The molecule has 1 amide bonds. The predicted octanol–water partition coefficient (Wildman–Crippen LogP) is 4.45. The van der Waals surface area contributed by atoms with Crippen molar-refractivity contribution in [3.63, 3.8) is 0 Å². The second-order valence-corrected chi connectivity index (χ2v) is 7.83. The lowest BCUT2D eigenvalue weighted by atomic mass is 9.91. The van der Waals surface area contributed by atoms with Gasteiger partial charge in [-0.15, -0.1) is 0 Å². The molecule has 0 spiro atoms. The minimum absolute atomic E-state index is 0.268. The third kappa shape index (κ3) is 3.17. The summed E-state index contributed by atoms with van der Waals surface area (Å²) in [6.45, 7) is 3.82. The Morgan fingerprint density at radius 1 is 1.19 bits per heavy atom. The van der Waals surface area contributed by atoms with Crippen molar-refractivity contribution < 1.29 is 9.53 Å². The second kappa shape index (κ2) is 7.26. The van der Waals surface area contributed by atoms with E-state index >= 15 is 0 Å². The molecule has 2 fully saturated rings. The summed E-state index contributed by atoms with van der Waals surface area (Å²) in [5.41, 5.74) is 2.26. The van der Waals surface area contributed by atoms with E-state index in [1.165, 1.54) is 18.2 Å². The van der Waals surface area contributed by atoms with Crippen LogP contribution in [0.25, 0.3) is 10.8 Å². The molecule has 1 aliphatic heterocycles. The molecule has 1 aromatic heterocycles. The average molecular weight is 352 g/mol. The Kier molecular flexibility index (Phi) is 4.84. The molecule has 4 heteroatoms. The topological polar surface area (TPSA) is 42.4 Å². The quantitative estimate of drug-likeness (QED) is 0.820. The van der Waals surface area contributed by atoms with Gasteiger partial charge in [-0.25, -0.2) is 0 Å². The van der Waals surface area contributed by atoms with Gasteiger partial charge in [0.1, 0.15) is 5.75 Å². The van der Waals surface area contributed by atoms with Gasteiger partial charge in [-0.05, 0) is 61.8 Å². The number of hydrogen-bond acceptors (Lipinski definition) is 3. The number of benzene rings is 1. The number of ether oxygens (including phenoxy) is 1. The van der Waals surface area contributed by atoms with E-state index < -0.39 is 0 Å². The van der Waals surface area contributed by atoms with Crippen molar-refractivity contribution in [3.05, 3.63) is 35.7 Å². The molecule has 1 aliphatic carbocycles. The first-order valence-electron chi connectivity index (χ1n) is 9.89. The number of carbonyl (C=O) groups excluding carboxylic acids is 1. The van der Waals surface area contributed by atoms with Crippen LogP contribution >= 0.6 is 0 Å². The third-order valence-electron chi connectivity index (χ3n) is 6.22. The van der Waals surface area contributed by atoms with Crippen molar-refractivity contribution >= 4 is 16.7 Å². The molecule has 1 atom stereocenters. The normalized spacial score (nSPS) is 21.3. The number of carbonyl (C=O) groups is 1. The Morgan fingerprint density at radius 2 is 2.00 bits per heavy atom. The van der Waals surface area contributed by atoms with Gasteiger partial charge in [0, 0.05) is 42.2 Å². The van der Waals surface area contributed by atoms with Crippen LogP contribution in [0.2, 0.25) is 0 Å². The number of likely N-dealkylation sites (tertiary alicyclic amines) is 1. The lowest BCUT2D eigenvalue weighted by Crippen LogP contribution is -2.42. The predicted molar refractivity (Wildman–Crippen MR) is 104 cm³/mol. The van der Waals surface area contributed by atoms with Crippen LogP contribution in [0.5, 0.6) is 5.75 Å². The lowest BCUT2D eigenvalue weighted by molar-refractivity contribution is -0.136. The van der Waals surface area contributed by atoms with E-state index in [2.05, 4.69) is 24.0 Å². The van der Waals surface area contributed by atoms with Crippen molar-refractivity contribution in [2.45, 2.75) is 51.4 Å². The molecule has 2 heterocycles. The molecule has 0 unspecified atom stereocenters. The van der Waals surface area contributed by atoms with Crippen LogP contribution in [0.1, 0.15) is 55.7 Å². The number of fused-ring (bicyclic) bond motifs is 1. The minimum Gasteiger partial charge on any atom is -0.496 e. The van der Waals surface area contributed by atoms with Gasteiger partial charge in [-0.3, -0.25) is 9.78 Å². The minimum atomic E-state index is 0.268. The smallest absolute Gasteiger partial charge is 0.225 e. The molecule has 2 aliphatic rings. The monoisotopic (exact) mass is 352 g/mol. The van der Waals surface area contributed by atoms with E-state index in [1.54, 1.807) is 7.11 Å². The number of rotatable bonds is 3. The zero-order chi connectivity index (χ0) is 18.1. The molecule has 1 saturated carbocycles. The highest BCUT2D eigenvalue weighted by Crippen LogP contribution is 2.33. The first-order valence-corrected chi connectivity index (χ1v) is 9.89. The Labute approximate surface area is 155 Å². The number of hydrogen-bond donors (Lipinski definition) is 0. The molecule has 0 bridgehead atoms. The Bertz CT molecular complexity index is 811. The van der Waals surface area contributed by atoms with Gasteiger partial charge in [0.15, 0.2) is 0 Å². The molecule has 1 aromatic carbocycles. The Balaban J connectivity index is 1.58. The fraction of sp³-hybridized carbons (Fsp3) is 0.545. The maximum Gasteiger partial charge on any atom is 0.225 e. The van der Waals surface area contributed by atoms with E-state index in [9.17, 15) is 4.79 Å². The van der Waals surface area contributed by atoms with Gasteiger partial charge in [-0.1, -0.05) is 12.8 Å². The maximum absolute atomic E-state index is 12.8. The average Bonchev–Trinajstić information content (AvgIpc) is 3.22. The van der Waals surface area contributed by atoms with Crippen molar-refractivity contribution in [2.75, 3.05) is 20.2 Å². The molecule has 0 N–H and O–H groups in total. The molecule has 4 nitrogen and oxygen atoms in total. The molecule has 138 valence electrons. The zero-order valence-corrected chi connectivity index (χ0v) is 15.8. The lowest BCUT2D eigenvalue weighted by Gasteiger charge is -2.34. The summed E-state index contributed by atoms with van der Waals surface area (Å²) < 4.78 is 5.47. The molecule has 26 heavy (non-hydrogen) atoms. The van der Waals surface area contributed by atoms with Gasteiger partial charge in [-0.2, -0.15) is 0 Å². The van der Waals surface area contributed by atoms with Crippen LogP contribution in [0.4, 0.5) is 0 Å². The summed E-state index contributed by atoms with van der Waals surface area (Å²) >= 11 is 0. The molecule has 4 rings (SSSR count). The first kappa shape index (κ1) is 17.3. The number of aromatic nitrogens is 1. The van der Waals surface area contributed by atoms with Gasteiger partial charge in [0.2, 0.25) is 5.91 Å². The zero-order valence-electron chi connectivity index (χ0n) is 15.8. The van der Waals surface area contributed by atoms with Crippen molar-refractivity contribution in [3.8, 4) is 5.75 Å². The molecule has 0 radical (unpaired) electrons. The summed E-state index contributed by atoms with van der Waals surface area (Å²) in [6.07, 6.45) is 8.72. The van der Waals surface area contributed by atoms with Crippen LogP contribution in [-0.2, 0) is 4.79 Å². The molecule has 2 aromatic rings. The van der Waals surface area contributed by atoms with Gasteiger partial charge < -0.3 is 9.64 Å². The SMILES string of the molecule is COc1ccc2cnc([C@H]3CCCN(C(=O)C4CCCC4)C3)cc2c1C. The number of amides is 1. The van der Waals surface area contributed by atoms with Gasteiger partial charge in [0.25, 0.3) is 0 Å². The maximum atomic E-state index is 12.8. The summed E-state index contributed by atoms with van der Waals surface area (Å²) in [5, 5.41) is 2.34. The fourth-order valence-corrected chi connectivity index (χ4v) is 4.66. The Hall–Kier alpha value is -2.10. The van der Waals surface area contributed by atoms with Crippen molar-refractivity contribution in [1.29, 1.82) is 0 Å². The van der Waals surface area contributed by atoms with E-state index in [0.29, 0.717) is 11.8 Å². The molecular weight excluding hydrogens is 324 g/mol. The van der Waals surface area contributed by atoms with Crippen LogP contribution < -0.4 is 4.74 Å². The largest absolute Gasteiger partial charge is 0.496 e. The number of aryl methyl sites for hydroxylation is 1. The summed E-state index contributed by atoms with van der Waals surface area (Å²) in [4.78, 5) is 19.7. The number of pyridine rings is 1. The van der Waals surface area contributed by atoms with E-state index in [-0.39, 0.29) is 5.92 Å². The fourth-order valence-electron chi connectivity index (χ4n) is 4.66. The molecular formula is C22H28N2O2. The van der Waals surface area contributed by atoms with Crippen molar-refractivity contribution in [1.82, 2.24) is 9.88 Å². The van der Waals surface area contributed by atoms with E-state index in [4.69, 9.17) is 9.72 Å². The van der Waals surface area contributed by atoms with Crippen LogP contribution in [0.3, 0.4) is 0 Å². The van der Waals surface area contributed by atoms with Crippen LogP contribution in [0.15, 0.2) is 24.4 Å². The number of methoxy groups -OCH3 is 1. The summed E-state index contributed by atoms with van der Waals surface area (Å²) in [7, 11) is 1.71. The van der Waals surface area contributed by atoms with Crippen LogP contribution in [0, 0.1) is 12.8 Å². The second-order valence-electron chi connectivity index (χ2n) is 7.83. The van der Waals surface area contributed by atoms with Crippen molar-refractivity contribution in [2.24, 2.45) is 5.92 Å². The van der Waals surface area contributed by atoms with E-state index in [1.807, 2.05) is 12.3 Å². The Morgan fingerprint density at radius 3 is 2.77 bits per heavy atom. The summed E-state index contributed by atoms with van der Waals surface area (Å²) in [6, 6.07) is 6.28. The molecule has 1 saturated heterocycles.